The zero-order valence-electron chi connectivity index (χ0n) is 13.6. The largest absolute Gasteiger partial charge is 0.392 e. The number of anilines is 1. The second-order valence-corrected chi connectivity index (χ2v) is 6.18. The van der Waals surface area contributed by atoms with Gasteiger partial charge in [0.15, 0.2) is 0 Å². The van der Waals surface area contributed by atoms with Crippen LogP contribution in [-0.4, -0.2) is 36.4 Å². The lowest BCUT2D eigenvalue weighted by Gasteiger charge is -2.28. The summed E-state index contributed by atoms with van der Waals surface area (Å²) in [5.41, 5.74) is 5.29. The Morgan fingerprint density at radius 2 is 2.14 bits per heavy atom. The van der Waals surface area contributed by atoms with E-state index in [0.29, 0.717) is 6.04 Å². The Morgan fingerprint density at radius 1 is 1.32 bits per heavy atom. The first-order chi connectivity index (χ1) is 10.6. The van der Waals surface area contributed by atoms with Crippen molar-refractivity contribution in [1.82, 2.24) is 4.98 Å². The molecule has 4 heteroatoms. The van der Waals surface area contributed by atoms with E-state index in [9.17, 15) is 5.11 Å². The van der Waals surface area contributed by atoms with Gasteiger partial charge >= 0.3 is 0 Å². The molecule has 1 aromatic carbocycles. The molecule has 0 bridgehead atoms. The Balaban J connectivity index is 2.14. The normalized spacial score (nSPS) is 18.4. The number of aliphatic hydroxyl groups excluding tert-OH is 1. The van der Waals surface area contributed by atoms with Crippen molar-refractivity contribution in [3.05, 3.63) is 35.0 Å². The van der Waals surface area contributed by atoms with E-state index in [4.69, 9.17) is 4.74 Å². The molecule has 1 saturated heterocycles. The zero-order chi connectivity index (χ0) is 15.7. The molecule has 1 atom stereocenters. The smallest absolute Gasteiger partial charge is 0.0729 e. The molecule has 0 aliphatic carbocycles. The number of hydrogen-bond donors (Lipinski definition) is 1. The predicted molar refractivity (Wildman–Crippen MR) is 89.4 cm³/mol. The SMILES string of the molecule is COCC1CCCN1c1cc(C)nc2cc(CO)c(C)cc12. The number of benzene rings is 1. The lowest BCUT2D eigenvalue weighted by Crippen LogP contribution is -2.33. The molecule has 2 aromatic rings. The number of fused-ring (bicyclic) bond motifs is 1. The van der Waals surface area contributed by atoms with Crippen molar-refractivity contribution in [2.45, 2.75) is 39.3 Å². The summed E-state index contributed by atoms with van der Waals surface area (Å²) in [5, 5.41) is 10.7. The predicted octanol–water partition coefficient (Wildman–Crippen LogP) is 2.96. The van der Waals surface area contributed by atoms with Crippen molar-refractivity contribution in [2.24, 2.45) is 0 Å². The van der Waals surface area contributed by atoms with Crippen LogP contribution < -0.4 is 4.90 Å². The van der Waals surface area contributed by atoms with Crippen LogP contribution in [0.3, 0.4) is 0 Å². The third-order valence-corrected chi connectivity index (χ3v) is 4.59. The van der Waals surface area contributed by atoms with Crippen LogP contribution in [-0.2, 0) is 11.3 Å². The summed E-state index contributed by atoms with van der Waals surface area (Å²) >= 11 is 0. The highest BCUT2D eigenvalue weighted by molar-refractivity contribution is 5.93. The molecule has 0 radical (unpaired) electrons. The average Bonchev–Trinajstić information content (AvgIpc) is 2.95. The minimum absolute atomic E-state index is 0.0583. The lowest BCUT2D eigenvalue weighted by atomic mass is 10.0. The number of methoxy groups -OCH3 is 1. The van der Waals surface area contributed by atoms with E-state index >= 15 is 0 Å². The molecule has 0 amide bonds. The first kappa shape index (κ1) is 15.3. The molecule has 4 nitrogen and oxygen atoms in total. The molecule has 3 rings (SSSR count). The first-order valence-electron chi connectivity index (χ1n) is 7.91. The molecule has 1 aliphatic rings. The fraction of sp³-hybridized carbons (Fsp3) is 0.500. The van der Waals surface area contributed by atoms with E-state index in [0.717, 1.165) is 35.5 Å². The van der Waals surface area contributed by atoms with Gasteiger partial charge in [-0.25, -0.2) is 0 Å². The highest BCUT2D eigenvalue weighted by atomic mass is 16.5. The summed E-state index contributed by atoms with van der Waals surface area (Å²) in [6.45, 7) is 5.96. The maximum absolute atomic E-state index is 9.49. The topological polar surface area (TPSA) is 45.6 Å². The Kier molecular flexibility index (Phi) is 4.32. The molecule has 22 heavy (non-hydrogen) atoms. The third-order valence-electron chi connectivity index (χ3n) is 4.59. The van der Waals surface area contributed by atoms with E-state index < -0.39 is 0 Å². The van der Waals surface area contributed by atoms with Crippen molar-refractivity contribution in [2.75, 3.05) is 25.2 Å². The quantitative estimate of drug-likeness (QED) is 0.943. The monoisotopic (exact) mass is 300 g/mol. The van der Waals surface area contributed by atoms with E-state index in [1.807, 2.05) is 19.9 Å². The maximum atomic E-state index is 9.49. The molecule has 1 fully saturated rings. The van der Waals surface area contributed by atoms with Gasteiger partial charge in [0, 0.05) is 30.4 Å². The summed E-state index contributed by atoms with van der Waals surface area (Å²) in [5.74, 6) is 0. The summed E-state index contributed by atoms with van der Waals surface area (Å²) in [7, 11) is 1.77. The van der Waals surface area contributed by atoms with Crippen LogP contribution in [0.15, 0.2) is 18.2 Å². The van der Waals surface area contributed by atoms with E-state index in [1.54, 1.807) is 7.11 Å². The maximum Gasteiger partial charge on any atom is 0.0729 e. The number of rotatable bonds is 4. The highest BCUT2D eigenvalue weighted by Gasteiger charge is 2.26. The van der Waals surface area contributed by atoms with Gasteiger partial charge in [0.1, 0.15) is 0 Å². The number of hydrogen-bond acceptors (Lipinski definition) is 4. The number of nitrogens with zero attached hydrogens (tertiary/aromatic N) is 2. The van der Waals surface area contributed by atoms with Crippen molar-refractivity contribution >= 4 is 16.6 Å². The lowest BCUT2D eigenvalue weighted by molar-refractivity contribution is 0.181. The molecular formula is C18H24N2O2. The Morgan fingerprint density at radius 3 is 2.86 bits per heavy atom. The van der Waals surface area contributed by atoms with Gasteiger partial charge in [0.05, 0.1) is 24.8 Å². The number of pyridine rings is 1. The van der Waals surface area contributed by atoms with Crippen LogP contribution in [0.25, 0.3) is 10.9 Å². The third kappa shape index (κ3) is 2.69. The van der Waals surface area contributed by atoms with Gasteiger partial charge in [-0.3, -0.25) is 4.98 Å². The van der Waals surface area contributed by atoms with E-state index in [-0.39, 0.29) is 6.61 Å². The Hall–Kier alpha value is -1.65. The minimum Gasteiger partial charge on any atom is -0.392 e. The van der Waals surface area contributed by atoms with Crippen LogP contribution in [0.4, 0.5) is 5.69 Å². The van der Waals surface area contributed by atoms with Gasteiger partial charge in [0.2, 0.25) is 0 Å². The summed E-state index contributed by atoms with van der Waals surface area (Å²) < 4.78 is 5.39. The van der Waals surface area contributed by atoms with E-state index in [2.05, 4.69) is 22.0 Å². The minimum atomic E-state index is 0.0583. The van der Waals surface area contributed by atoms with Gasteiger partial charge in [0.25, 0.3) is 0 Å². The fourth-order valence-electron chi connectivity index (χ4n) is 3.46. The summed E-state index contributed by atoms with van der Waals surface area (Å²) in [4.78, 5) is 7.12. The molecule has 1 aliphatic heterocycles. The van der Waals surface area contributed by atoms with Crippen LogP contribution in [0, 0.1) is 13.8 Å². The fourth-order valence-corrected chi connectivity index (χ4v) is 3.46. The van der Waals surface area contributed by atoms with Crippen molar-refractivity contribution in [1.29, 1.82) is 0 Å². The molecule has 1 N–H and O–H groups in total. The van der Waals surface area contributed by atoms with Gasteiger partial charge in [-0.1, -0.05) is 0 Å². The van der Waals surface area contributed by atoms with Crippen molar-refractivity contribution < 1.29 is 9.84 Å². The molecule has 1 unspecified atom stereocenters. The van der Waals surface area contributed by atoms with Gasteiger partial charge in [-0.15, -0.1) is 0 Å². The van der Waals surface area contributed by atoms with Crippen molar-refractivity contribution in [3.63, 3.8) is 0 Å². The van der Waals surface area contributed by atoms with Gasteiger partial charge in [-0.05, 0) is 56.0 Å². The van der Waals surface area contributed by atoms with Crippen molar-refractivity contribution in [3.8, 4) is 0 Å². The van der Waals surface area contributed by atoms with E-state index in [1.165, 1.54) is 23.9 Å². The van der Waals surface area contributed by atoms with Gasteiger partial charge < -0.3 is 14.7 Å². The average molecular weight is 300 g/mol. The molecule has 2 heterocycles. The van der Waals surface area contributed by atoms with Crippen LogP contribution in [0.5, 0.6) is 0 Å². The summed E-state index contributed by atoms with van der Waals surface area (Å²) in [6, 6.07) is 6.79. The van der Waals surface area contributed by atoms with Crippen LogP contribution in [0.2, 0.25) is 0 Å². The number of aromatic nitrogens is 1. The summed E-state index contributed by atoms with van der Waals surface area (Å²) in [6.07, 6.45) is 2.37. The van der Waals surface area contributed by atoms with Gasteiger partial charge in [-0.2, -0.15) is 0 Å². The Labute approximate surface area is 131 Å². The zero-order valence-corrected chi connectivity index (χ0v) is 13.6. The Bertz CT molecular complexity index is 684. The van der Waals surface area contributed by atoms with Crippen LogP contribution >= 0.6 is 0 Å². The molecule has 118 valence electrons. The molecule has 0 spiro atoms. The van der Waals surface area contributed by atoms with Crippen LogP contribution in [0.1, 0.15) is 29.7 Å². The second-order valence-electron chi connectivity index (χ2n) is 6.18. The highest BCUT2D eigenvalue weighted by Crippen LogP contribution is 2.33. The molecular weight excluding hydrogens is 276 g/mol. The molecule has 0 saturated carbocycles. The number of ether oxygens (including phenoxy) is 1. The number of aliphatic hydroxyl groups is 1. The second kappa shape index (κ2) is 6.23. The number of aryl methyl sites for hydroxylation is 2. The standard InChI is InChI=1S/C18H24N2O2/c1-12-7-16-17(9-14(12)10-21)19-13(2)8-18(16)20-6-4-5-15(20)11-22-3/h7-9,15,21H,4-6,10-11H2,1-3H3. The first-order valence-corrected chi connectivity index (χ1v) is 7.91. The molecule has 1 aromatic heterocycles.